The van der Waals surface area contributed by atoms with Crippen molar-refractivity contribution in [3.05, 3.63) is 90.2 Å². The van der Waals surface area contributed by atoms with E-state index >= 15 is 0 Å². The predicted octanol–water partition coefficient (Wildman–Crippen LogP) is 4.84. The number of carbonyl (C=O) groups is 1. The maximum absolute atomic E-state index is 12.3. The first kappa shape index (κ1) is 22.5. The van der Waals surface area contributed by atoms with Gasteiger partial charge in [0.25, 0.3) is 0 Å². The number of hydrogen-bond donors (Lipinski definition) is 1. The number of hydrogen-bond acceptors (Lipinski definition) is 6. The lowest BCUT2D eigenvalue weighted by molar-refractivity contribution is -0.121. The standard InChI is InChI=1S/C27H26N6O2/c1-18(2)20-8-10-21(11-9-20)27-31-26(35-32-27)14-13-25(34)29-16-19-7-12-24(28-15-19)33-17-30-22-5-3-4-6-23(22)33/h3-12,15,17-18H,13-14,16H2,1-2H3,(H,29,34). The van der Waals surface area contributed by atoms with E-state index in [0.717, 1.165) is 28.0 Å². The van der Waals surface area contributed by atoms with Gasteiger partial charge in [-0.1, -0.05) is 61.5 Å². The van der Waals surface area contributed by atoms with E-state index < -0.39 is 0 Å². The molecule has 8 heteroatoms. The van der Waals surface area contributed by atoms with Crippen molar-refractivity contribution in [3.8, 4) is 17.2 Å². The lowest BCUT2D eigenvalue weighted by Crippen LogP contribution is -2.23. The number of aryl methyl sites for hydroxylation is 1. The van der Waals surface area contributed by atoms with Crippen molar-refractivity contribution in [2.24, 2.45) is 0 Å². The number of para-hydroxylation sites is 2. The molecule has 176 valence electrons. The highest BCUT2D eigenvalue weighted by atomic mass is 16.5. The molecule has 3 aromatic heterocycles. The van der Waals surface area contributed by atoms with E-state index in [1.165, 1.54) is 5.56 Å². The Hall–Kier alpha value is -4.33. The van der Waals surface area contributed by atoms with Gasteiger partial charge in [0.1, 0.15) is 12.1 Å². The summed E-state index contributed by atoms with van der Waals surface area (Å²) < 4.78 is 7.27. The first-order chi connectivity index (χ1) is 17.1. The Morgan fingerprint density at radius 3 is 2.63 bits per heavy atom. The maximum atomic E-state index is 12.3. The molecule has 0 saturated carbocycles. The van der Waals surface area contributed by atoms with Crippen LogP contribution in [0, 0.1) is 0 Å². The normalized spacial score (nSPS) is 11.3. The molecule has 5 rings (SSSR count). The zero-order chi connectivity index (χ0) is 24.2. The van der Waals surface area contributed by atoms with Gasteiger partial charge in [-0.15, -0.1) is 0 Å². The number of rotatable bonds is 8. The van der Waals surface area contributed by atoms with Crippen LogP contribution >= 0.6 is 0 Å². The molecular formula is C27H26N6O2. The highest BCUT2D eigenvalue weighted by Crippen LogP contribution is 2.21. The topological polar surface area (TPSA) is 98.7 Å². The molecule has 0 saturated heterocycles. The molecule has 35 heavy (non-hydrogen) atoms. The third-order valence-electron chi connectivity index (χ3n) is 5.87. The van der Waals surface area contributed by atoms with Crippen LogP contribution in [0.2, 0.25) is 0 Å². The Labute approximate surface area is 203 Å². The van der Waals surface area contributed by atoms with Gasteiger partial charge in [-0.25, -0.2) is 9.97 Å². The minimum absolute atomic E-state index is 0.0873. The molecule has 0 spiro atoms. The summed E-state index contributed by atoms with van der Waals surface area (Å²) in [6.45, 7) is 4.70. The summed E-state index contributed by atoms with van der Waals surface area (Å²) >= 11 is 0. The van der Waals surface area contributed by atoms with E-state index in [2.05, 4.69) is 51.4 Å². The fraction of sp³-hybridized carbons (Fsp3) is 0.222. The number of amides is 1. The summed E-state index contributed by atoms with van der Waals surface area (Å²) in [5.74, 6) is 2.14. The molecule has 0 aliphatic carbocycles. The second-order valence-electron chi connectivity index (χ2n) is 8.69. The van der Waals surface area contributed by atoms with Crippen LogP contribution in [-0.2, 0) is 17.8 Å². The molecular weight excluding hydrogens is 440 g/mol. The second-order valence-corrected chi connectivity index (χ2v) is 8.69. The molecule has 0 radical (unpaired) electrons. The number of benzene rings is 2. The summed E-state index contributed by atoms with van der Waals surface area (Å²) in [4.78, 5) is 25.7. The Morgan fingerprint density at radius 1 is 1.03 bits per heavy atom. The van der Waals surface area contributed by atoms with Crippen molar-refractivity contribution in [3.63, 3.8) is 0 Å². The first-order valence-electron chi connectivity index (χ1n) is 11.6. The number of imidazole rings is 1. The highest BCUT2D eigenvalue weighted by molar-refractivity contribution is 5.77. The molecule has 2 aromatic carbocycles. The van der Waals surface area contributed by atoms with Crippen LogP contribution in [0.5, 0.6) is 0 Å². The quantitative estimate of drug-likeness (QED) is 0.351. The molecule has 1 amide bonds. The number of nitrogens with zero attached hydrogens (tertiary/aromatic N) is 5. The van der Waals surface area contributed by atoms with Gasteiger partial charge < -0.3 is 9.84 Å². The van der Waals surface area contributed by atoms with E-state index in [0.29, 0.717) is 30.6 Å². The van der Waals surface area contributed by atoms with Crippen LogP contribution in [0.15, 0.2) is 77.7 Å². The van der Waals surface area contributed by atoms with Crippen LogP contribution < -0.4 is 5.32 Å². The average molecular weight is 467 g/mol. The Balaban J connectivity index is 1.12. The third kappa shape index (κ3) is 5.11. The largest absolute Gasteiger partial charge is 0.352 e. The van der Waals surface area contributed by atoms with Gasteiger partial charge in [0.2, 0.25) is 17.6 Å². The van der Waals surface area contributed by atoms with Crippen molar-refractivity contribution < 1.29 is 9.32 Å². The summed E-state index contributed by atoms with van der Waals surface area (Å²) in [6.07, 6.45) is 4.17. The molecule has 5 aromatic rings. The SMILES string of the molecule is CC(C)c1ccc(-c2noc(CCC(=O)NCc3ccc(-n4cnc5ccccc54)nc3)n2)cc1. The lowest BCUT2D eigenvalue weighted by Gasteiger charge is -2.07. The van der Waals surface area contributed by atoms with E-state index in [9.17, 15) is 4.79 Å². The highest BCUT2D eigenvalue weighted by Gasteiger charge is 2.12. The molecule has 0 aliphatic rings. The van der Waals surface area contributed by atoms with Gasteiger partial charge in [0.05, 0.1) is 11.0 Å². The van der Waals surface area contributed by atoms with Gasteiger partial charge >= 0.3 is 0 Å². The maximum Gasteiger partial charge on any atom is 0.227 e. The molecule has 8 nitrogen and oxygen atoms in total. The summed E-state index contributed by atoms with van der Waals surface area (Å²) in [5, 5.41) is 6.97. The Morgan fingerprint density at radius 2 is 1.86 bits per heavy atom. The molecule has 0 fully saturated rings. The van der Waals surface area contributed by atoms with E-state index in [4.69, 9.17) is 4.52 Å². The smallest absolute Gasteiger partial charge is 0.227 e. The number of carbonyl (C=O) groups excluding carboxylic acids is 1. The lowest BCUT2D eigenvalue weighted by atomic mass is 10.0. The number of fused-ring (bicyclic) bond motifs is 1. The van der Waals surface area contributed by atoms with Crippen LogP contribution in [0.3, 0.4) is 0 Å². The minimum Gasteiger partial charge on any atom is -0.352 e. The van der Waals surface area contributed by atoms with Crippen molar-refractivity contribution in [2.75, 3.05) is 0 Å². The minimum atomic E-state index is -0.0873. The van der Waals surface area contributed by atoms with Crippen LogP contribution in [0.25, 0.3) is 28.2 Å². The van der Waals surface area contributed by atoms with Crippen molar-refractivity contribution in [2.45, 2.75) is 39.2 Å². The zero-order valence-electron chi connectivity index (χ0n) is 19.7. The molecule has 0 aliphatic heterocycles. The predicted molar refractivity (Wildman–Crippen MR) is 133 cm³/mol. The Kier molecular flexibility index (Phi) is 6.34. The van der Waals surface area contributed by atoms with E-state index in [1.807, 2.05) is 53.1 Å². The van der Waals surface area contributed by atoms with Crippen molar-refractivity contribution >= 4 is 16.9 Å². The molecule has 0 atom stereocenters. The fourth-order valence-electron chi connectivity index (χ4n) is 3.81. The molecule has 3 heterocycles. The second kappa shape index (κ2) is 9.89. The number of aromatic nitrogens is 5. The first-order valence-corrected chi connectivity index (χ1v) is 11.6. The van der Waals surface area contributed by atoms with Crippen molar-refractivity contribution in [1.82, 2.24) is 30.0 Å². The van der Waals surface area contributed by atoms with Gasteiger partial charge in [-0.05, 0) is 35.2 Å². The average Bonchev–Trinajstić information content (AvgIpc) is 3.54. The van der Waals surface area contributed by atoms with Gasteiger partial charge in [-0.2, -0.15) is 4.98 Å². The van der Waals surface area contributed by atoms with Gasteiger partial charge in [0, 0.05) is 31.1 Å². The molecule has 0 unspecified atom stereocenters. The molecule has 0 bridgehead atoms. The molecule has 1 N–H and O–H groups in total. The number of pyridine rings is 1. The van der Waals surface area contributed by atoms with Gasteiger partial charge in [0.15, 0.2) is 0 Å². The van der Waals surface area contributed by atoms with E-state index in [1.54, 1.807) is 12.5 Å². The summed E-state index contributed by atoms with van der Waals surface area (Å²) in [6, 6.07) is 19.9. The Bertz CT molecular complexity index is 1430. The monoisotopic (exact) mass is 466 g/mol. The van der Waals surface area contributed by atoms with E-state index in [-0.39, 0.29) is 12.3 Å². The summed E-state index contributed by atoms with van der Waals surface area (Å²) in [5.41, 5.74) is 4.99. The number of nitrogens with one attached hydrogen (secondary N) is 1. The van der Waals surface area contributed by atoms with Crippen LogP contribution in [0.1, 0.15) is 43.2 Å². The fourth-order valence-corrected chi connectivity index (χ4v) is 3.81. The zero-order valence-corrected chi connectivity index (χ0v) is 19.7. The van der Waals surface area contributed by atoms with Crippen LogP contribution in [0.4, 0.5) is 0 Å². The van der Waals surface area contributed by atoms with Crippen LogP contribution in [-0.4, -0.2) is 30.6 Å². The summed E-state index contributed by atoms with van der Waals surface area (Å²) in [7, 11) is 0. The third-order valence-corrected chi connectivity index (χ3v) is 5.87. The van der Waals surface area contributed by atoms with Crippen molar-refractivity contribution in [1.29, 1.82) is 0 Å². The van der Waals surface area contributed by atoms with Gasteiger partial charge in [-0.3, -0.25) is 9.36 Å².